The second kappa shape index (κ2) is 9.56. The summed E-state index contributed by atoms with van der Waals surface area (Å²) in [6, 6.07) is 25.9. The van der Waals surface area contributed by atoms with E-state index in [0.29, 0.717) is 6.54 Å². The number of benzene rings is 3. The Kier molecular flexibility index (Phi) is 6.88. The Bertz CT molecular complexity index is 837. The van der Waals surface area contributed by atoms with Crippen LogP contribution in [0.25, 0.3) is 11.1 Å². The Morgan fingerprint density at radius 1 is 0.926 bits per heavy atom. The van der Waals surface area contributed by atoms with E-state index in [9.17, 15) is 5.11 Å². The molecule has 140 valence electrons. The topological polar surface area (TPSA) is 32.7 Å². The highest BCUT2D eigenvalue weighted by molar-refractivity contribution is 6.30. The molecule has 1 atom stereocenters. The fourth-order valence-electron chi connectivity index (χ4n) is 2.99. The molecule has 0 radical (unpaired) electrons. The van der Waals surface area contributed by atoms with Crippen LogP contribution in [-0.4, -0.2) is 36.3 Å². The fourth-order valence-corrected chi connectivity index (χ4v) is 3.20. The van der Waals surface area contributed by atoms with E-state index in [1.54, 1.807) is 0 Å². The highest BCUT2D eigenvalue weighted by Crippen LogP contribution is 2.22. The van der Waals surface area contributed by atoms with Gasteiger partial charge in [0, 0.05) is 18.1 Å². The molecule has 0 aliphatic rings. The maximum Gasteiger partial charge on any atom is 0.119 e. The molecule has 3 aromatic rings. The molecule has 4 heteroatoms. The van der Waals surface area contributed by atoms with Gasteiger partial charge in [0.25, 0.3) is 0 Å². The summed E-state index contributed by atoms with van der Waals surface area (Å²) < 4.78 is 5.73. The predicted molar refractivity (Wildman–Crippen MR) is 111 cm³/mol. The second-order valence-corrected chi connectivity index (χ2v) is 7.12. The second-order valence-electron chi connectivity index (χ2n) is 6.68. The standard InChI is InChI=1S/C23H24ClNO2/c1-25(15-18-6-5-9-21(24)14-18)16-22(26)17-27-23-12-10-20(11-13-23)19-7-3-2-4-8-19/h2-14,22,26H,15-17H2,1H3/t22-/m1/s1. The zero-order valence-electron chi connectivity index (χ0n) is 15.4. The van der Waals surface area contributed by atoms with Crippen molar-refractivity contribution in [3.8, 4) is 16.9 Å². The van der Waals surface area contributed by atoms with Crippen molar-refractivity contribution >= 4 is 11.6 Å². The van der Waals surface area contributed by atoms with Gasteiger partial charge in [-0.25, -0.2) is 0 Å². The van der Waals surface area contributed by atoms with Gasteiger partial charge in [-0.1, -0.05) is 66.2 Å². The molecule has 0 aromatic heterocycles. The summed E-state index contributed by atoms with van der Waals surface area (Å²) in [5.41, 5.74) is 3.44. The Morgan fingerprint density at radius 3 is 2.33 bits per heavy atom. The van der Waals surface area contributed by atoms with Crippen LogP contribution in [0.5, 0.6) is 5.75 Å². The van der Waals surface area contributed by atoms with Gasteiger partial charge in [-0.3, -0.25) is 4.90 Å². The van der Waals surface area contributed by atoms with E-state index in [-0.39, 0.29) is 6.61 Å². The number of halogens is 1. The van der Waals surface area contributed by atoms with Gasteiger partial charge >= 0.3 is 0 Å². The van der Waals surface area contributed by atoms with Crippen molar-refractivity contribution in [2.45, 2.75) is 12.6 Å². The molecule has 0 spiro atoms. The van der Waals surface area contributed by atoms with Crippen molar-refractivity contribution in [3.63, 3.8) is 0 Å². The van der Waals surface area contributed by atoms with Crippen LogP contribution < -0.4 is 4.74 Å². The number of rotatable bonds is 8. The smallest absolute Gasteiger partial charge is 0.119 e. The van der Waals surface area contributed by atoms with Crippen molar-refractivity contribution in [2.75, 3.05) is 20.2 Å². The number of ether oxygens (including phenoxy) is 1. The van der Waals surface area contributed by atoms with E-state index in [1.807, 2.05) is 73.8 Å². The van der Waals surface area contributed by atoms with Crippen molar-refractivity contribution in [2.24, 2.45) is 0 Å². The summed E-state index contributed by atoms with van der Waals surface area (Å²) >= 11 is 6.01. The maximum atomic E-state index is 10.3. The molecule has 3 rings (SSSR count). The first-order valence-corrected chi connectivity index (χ1v) is 9.37. The molecule has 27 heavy (non-hydrogen) atoms. The molecule has 3 nitrogen and oxygen atoms in total. The van der Waals surface area contributed by atoms with Gasteiger partial charge in [-0.05, 0) is 48.0 Å². The van der Waals surface area contributed by atoms with E-state index in [2.05, 4.69) is 17.0 Å². The predicted octanol–water partition coefficient (Wildman–Crippen LogP) is 4.88. The minimum atomic E-state index is -0.567. The van der Waals surface area contributed by atoms with Gasteiger partial charge in [0.15, 0.2) is 0 Å². The zero-order valence-corrected chi connectivity index (χ0v) is 16.1. The number of aliphatic hydroxyl groups is 1. The molecule has 1 N–H and O–H groups in total. The van der Waals surface area contributed by atoms with Crippen LogP contribution in [0, 0.1) is 0 Å². The van der Waals surface area contributed by atoms with Crippen molar-refractivity contribution in [1.82, 2.24) is 4.90 Å². The van der Waals surface area contributed by atoms with Crippen molar-refractivity contribution < 1.29 is 9.84 Å². The molecule has 0 aliphatic heterocycles. The van der Waals surface area contributed by atoms with E-state index >= 15 is 0 Å². The van der Waals surface area contributed by atoms with Gasteiger partial charge in [-0.15, -0.1) is 0 Å². The van der Waals surface area contributed by atoms with Gasteiger partial charge in [0.2, 0.25) is 0 Å². The largest absolute Gasteiger partial charge is 0.491 e. The maximum absolute atomic E-state index is 10.3. The summed E-state index contributed by atoms with van der Waals surface area (Å²) in [6.07, 6.45) is -0.567. The minimum absolute atomic E-state index is 0.255. The summed E-state index contributed by atoms with van der Waals surface area (Å²) in [6.45, 7) is 1.50. The van der Waals surface area contributed by atoms with Crippen molar-refractivity contribution in [1.29, 1.82) is 0 Å². The van der Waals surface area contributed by atoms with Gasteiger partial charge < -0.3 is 9.84 Å². The third kappa shape index (κ3) is 6.10. The first-order valence-electron chi connectivity index (χ1n) is 8.99. The van der Waals surface area contributed by atoms with Gasteiger partial charge in [0.1, 0.15) is 18.5 Å². The Balaban J connectivity index is 1.46. The van der Waals surface area contributed by atoms with Crippen LogP contribution in [0.1, 0.15) is 5.56 Å². The average Bonchev–Trinajstić information content (AvgIpc) is 2.67. The fraction of sp³-hybridized carbons (Fsp3) is 0.217. The van der Waals surface area contributed by atoms with Crippen LogP contribution in [0.4, 0.5) is 0 Å². The molecule has 0 heterocycles. The highest BCUT2D eigenvalue weighted by Gasteiger charge is 2.10. The Hall–Kier alpha value is -2.33. The number of hydrogen-bond donors (Lipinski definition) is 1. The first kappa shape index (κ1) is 19.4. The molecule has 0 amide bonds. The van der Waals surface area contributed by atoms with Gasteiger partial charge in [-0.2, -0.15) is 0 Å². The van der Waals surface area contributed by atoms with E-state index < -0.39 is 6.10 Å². The first-order chi connectivity index (χ1) is 13.1. The molecule has 3 aromatic carbocycles. The minimum Gasteiger partial charge on any atom is -0.491 e. The molecule has 0 unspecified atom stereocenters. The molecular weight excluding hydrogens is 358 g/mol. The van der Waals surface area contributed by atoms with Crippen LogP contribution >= 0.6 is 11.6 Å². The van der Waals surface area contributed by atoms with Crippen LogP contribution in [0.3, 0.4) is 0 Å². The lowest BCUT2D eigenvalue weighted by atomic mass is 10.1. The molecule has 0 saturated heterocycles. The molecular formula is C23H24ClNO2. The quantitative estimate of drug-likeness (QED) is 0.603. The third-order valence-corrected chi connectivity index (χ3v) is 4.50. The third-order valence-electron chi connectivity index (χ3n) is 4.27. The molecule has 0 fully saturated rings. The molecule has 0 aliphatic carbocycles. The Morgan fingerprint density at radius 2 is 1.63 bits per heavy atom. The van der Waals surface area contributed by atoms with E-state index in [1.165, 1.54) is 5.56 Å². The lowest BCUT2D eigenvalue weighted by Gasteiger charge is -2.21. The van der Waals surface area contributed by atoms with Crippen LogP contribution in [-0.2, 0) is 6.54 Å². The van der Waals surface area contributed by atoms with Crippen molar-refractivity contribution in [3.05, 3.63) is 89.4 Å². The molecule has 0 saturated carbocycles. The van der Waals surface area contributed by atoms with E-state index in [0.717, 1.165) is 28.4 Å². The monoisotopic (exact) mass is 381 g/mol. The lowest BCUT2D eigenvalue weighted by molar-refractivity contribution is 0.0744. The average molecular weight is 382 g/mol. The number of hydrogen-bond acceptors (Lipinski definition) is 3. The Labute approximate surface area is 165 Å². The molecule has 0 bridgehead atoms. The summed E-state index contributed by atoms with van der Waals surface area (Å²) in [4.78, 5) is 2.05. The van der Waals surface area contributed by atoms with Crippen LogP contribution in [0.15, 0.2) is 78.9 Å². The van der Waals surface area contributed by atoms with Gasteiger partial charge in [0.05, 0.1) is 0 Å². The zero-order chi connectivity index (χ0) is 19.1. The number of nitrogens with zero attached hydrogens (tertiary/aromatic N) is 1. The number of aliphatic hydroxyl groups excluding tert-OH is 1. The summed E-state index contributed by atoms with van der Waals surface area (Å²) in [5.74, 6) is 0.756. The van der Waals surface area contributed by atoms with E-state index in [4.69, 9.17) is 16.3 Å². The summed E-state index contributed by atoms with van der Waals surface area (Å²) in [7, 11) is 1.97. The number of likely N-dealkylation sites (N-methyl/N-ethyl adjacent to an activating group) is 1. The normalized spacial score (nSPS) is 12.1. The van der Waals surface area contributed by atoms with Crippen LogP contribution in [0.2, 0.25) is 5.02 Å². The SMILES string of the molecule is CN(Cc1cccc(Cl)c1)C[C@@H](O)COc1ccc(-c2ccccc2)cc1. The lowest BCUT2D eigenvalue weighted by Crippen LogP contribution is -2.32. The summed E-state index contributed by atoms with van der Waals surface area (Å²) in [5, 5.41) is 11.0. The highest BCUT2D eigenvalue weighted by atomic mass is 35.5.